The minimum absolute atomic E-state index is 0.109. The lowest BCUT2D eigenvalue weighted by molar-refractivity contribution is 0.215. The molecule has 7 heteroatoms. The summed E-state index contributed by atoms with van der Waals surface area (Å²) in [7, 11) is 0. The predicted molar refractivity (Wildman–Crippen MR) is 103 cm³/mol. The number of anilines is 2. The number of halogens is 2. The maximum atomic E-state index is 12.5. The highest BCUT2D eigenvalue weighted by molar-refractivity contribution is 6.33. The molecule has 25 heavy (non-hydrogen) atoms. The lowest BCUT2D eigenvalue weighted by atomic mass is 10.2. The summed E-state index contributed by atoms with van der Waals surface area (Å²) in [5, 5.41) is 4.20. The van der Waals surface area contributed by atoms with E-state index in [0.29, 0.717) is 28.8 Å². The summed E-state index contributed by atoms with van der Waals surface area (Å²) in [5.74, 6) is 0. The maximum Gasteiger partial charge on any atom is 0.321 e. The van der Waals surface area contributed by atoms with Gasteiger partial charge >= 0.3 is 6.03 Å². The highest BCUT2D eigenvalue weighted by Crippen LogP contribution is 2.25. The first-order valence-corrected chi connectivity index (χ1v) is 8.97. The Morgan fingerprint density at radius 3 is 2.72 bits per heavy atom. The summed E-state index contributed by atoms with van der Waals surface area (Å²) >= 11 is 12.4. The molecule has 1 N–H and O–H groups in total. The van der Waals surface area contributed by atoms with Crippen molar-refractivity contribution in [2.75, 3.05) is 36.4 Å². The van der Waals surface area contributed by atoms with Gasteiger partial charge in [-0.3, -0.25) is 4.98 Å². The van der Waals surface area contributed by atoms with Crippen molar-refractivity contribution in [3.8, 4) is 0 Å². The van der Waals surface area contributed by atoms with Crippen molar-refractivity contribution in [3.63, 3.8) is 0 Å². The van der Waals surface area contributed by atoms with E-state index in [2.05, 4.69) is 15.2 Å². The average molecular weight is 379 g/mol. The molecule has 1 aliphatic heterocycles. The highest BCUT2D eigenvalue weighted by atomic mass is 35.5. The van der Waals surface area contributed by atoms with E-state index in [1.54, 1.807) is 18.5 Å². The molecule has 2 aromatic rings. The van der Waals surface area contributed by atoms with Crippen molar-refractivity contribution >= 4 is 40.6 Å². The number of aryl methyl sites for hydroxylation is 1. The van der Waals surface area contributed by atoms with Crippen LogP contribution in [0.3, 0.4) is 0 Å². The lowest BCUT2D eigenvalue weighted by Gasteiger charge is -2.24. The minimum Gasteiger partial charge on any atom is -0.368 e. The van der Waals surface area contributed by atoms with E-state index < -0.39 is 0 Å². The third-order valence-electron chi connectivity index (χ3n) is 4.30. The molecular weight excluding hydrogens is 359 g/mol. The minimum atomic E-state index is -0.109. The molecule has 2 heterocycles. The van der Waals surface area contributed by atoms with Crippen molar-refractivity contribution in [3.05, 3.63) is 52.3 Å². The smallest absolute Gasteiger partial charge is 0.321 e. The van der Waals surface area contributed by atoms with Gasteiger partial charge < -0.3 is 15.1 Å². The van der Waals surface area contributed by atoms with Crippen LogP contribution in [0.5, 0.6) is 0 Å². The van der Waals surface area contributed by atoms with Crippen LogP contribution in [0, 0.1) is 6.92 Å². The predicted octanol–water partition coefficient (Wildman–Crippen LogP) is 4.44. The summed E-state index contributed by atoms with van der Waals surface area (Å²) in [4.78, 5) is 20.6. The molecule has 2 amide bonds. The molecule has 0 saturated carbocycles. The van der Waals surface area contributed by atoms with Crippen LogP contribution in [0.4, 0.5) is 16.2 Å². The zero-order valence-electron chi connectivity index (χ0n) is 14.0. The monoisotopic (exact) mass is 378 g/mol. The van der Waals surface area contributed by atoms with Gasteiger partial charge in [0.2, 0.25) is 0 Å². The molecule has 1 aliphatic rings. The van der Waals surface area contributed by atoms with Crippen molar-refractivity contribution in [1.82, 2.24) is 9.88 Å². The first-order chi connectivity index (χ1) is 12.0. The fourth-order valence-corrected chi connectivity index (χ4v) is 3.28. The Hall–Kier alpha value is -1.98. The molecule has 1 aromatic carbocycles. The number of hydrogen-bond donors (Lipinski definition) is 1. The highest BCUT2D eigenvalue weighted by Gasteiger charge is 2.20. The van der Waals surface area contributed by atoms with Crippen LogP contribution >= 0.6 is 23.2 Å². The van der Waals surface area contributed by atoms with Gasteiger partial charge in [-0.1, -0.05) is 29.3 Å². The Kier molecular flexibility index (Phi) is 5.66. The SMILES string of the molecule is Cc1ccc(NC(=O)N2CCCN(c3ccncc3Cl)CC2)cc1Cl. The van der Waals surface area contributed by atoms with Gasteiger partial charge in [-0.2, -0.15) is 0 Å². The summed E-state index contributed by atoms with van der Waals surface area (Å²) in [6.07, 6.45) is 4.26. The number of nitrogens with zero attached hydrogens (tertiary/aromatic N) is 3. The number of hydrogen-bond acceptors (Lipinski definition) is 3. The second-order valence-electron chi connectivity index (χ2n) is 6.05. The summed E-state index contributed by atoms with van der Waals surface area (Å²) in [6.45, 7) is 4.84. The summed E-state index contributed by atoms with van der Waals surface area (Å²) < 4.78 is 0. The van der Waals surface area contributed by atoms with Crippen LogP contribution in [0.25, 0.3) is 0 Å². The van der Waals surface area contributed by atoms with E-state index >= 15 is 0 Å². The number of urea groups is 1. The van der Waals surface area contributed by atoms with E-state index in [0.717, 1.165) is 30.8 Å². The Balaban J connectivity index is 1.63. The zero-order chi connectivity index (χ0) is 17.8. The molecule has 1 aromatic heterocycles. The number of nitrogens with one attached hydrogen (secondary N) is 1. The van der Waals surface area contributed by atoms with Crippen LogP contribution in [-0.2, 0) is 0 Å². The van der Waals surface area contributed by atoms with E-state index in [1.807, 2.05) is 30.0 Å². The number of rotatable bonds is 2. The quantitative estimate of drug-likeness (QED) is 0.839. The van der Waals surface area contributed by atoms with Gasteiger partial charge in [0.05, 0.1) is 10.7 Å². The normalized spacial score (nSPS) is 15.0. The van der Waals surface area contributed by atoms with Gasteiger partial charge in [0.15, 0.2) is 0 Å². The molecule has 0 spiro atoms. The maximum absolute atomic E-state index is 12.5. The third kappa shape index (κ3) is 4.35. The van der Waals surface area contributed by atoms with Crippen molar-refractivity contribution in [1.29, 1.82) is 0 Å². The molecule has 0 bridgehead atoms. The fraction of sp³-hybridized carbons (Fsp3) is 0.333. The molecule has 0 aliphatic carbocycles. The van der Waals surface area contributed by atoms with Gasteiger partial charge in [0.25, 0.3) is 0 Å². The van der Waals surface area contributed by atoms with Gasteiger partial charge in [-0.15, -0.1) is 0 Å². The largest absolute Gasteiger partial charge is 0.368 e. The Labute approximate surface area is 157 Å². The number of amides is 2. The molecule has 132 valence electrons. The Morgan fingerprint density at radius 1 is 1.12 bits per heavy atom. The van der Waals surface area contributed by atoms with Crippen LogP contribution in [0.2, 0.25) is 10.0 Å². The molecule has 3 rings (SSSR count). The Morgan fingerprint density at radius 2 is 1.96 bits per heavy atom. The molecule has 0 radical (unpaired) electrons. The van der Waals surface area contributed by atoms with Crippen LogP contribution in [-0.4, -0.2) is 42.1 Å². The Bertz CT molecular complexity index is 768. The molecule has 0 atom stereocenters. The number of aromatic nitrogens is 1. The zero-order valence-corrected chi connectivity index (χ0v) is 15.5. The standard InChI is InChI=1S/C18H20Cl2N4O/c1-13-3-4-14(11-15(13)19)22-18(25)24-8-2-7-23(9-10-24)17-5-6-21-12-16(17)20/h3-6,11-12H,2,7-10H2,1H3,(H,22,25). The number of carbonyl (C=O) groups is 1. The van der Waals surface area contributed by atoms with Crippen molar-refractivity contribution in [2.45, 2.75) is 13.3 Å². The van der Waals surface area contributed by atoms with Gasteiger partial charge in [-0.25, -0.2) is 4.79 Å². The fourth-order valence-electron chi connectivity index (χ4n) is 2.86. The average Bonchev–Trinajstić information content (AvgIpc) is 2.85. The number of carbonyl (C=O) groups excluding carboxylic acids is 1. The number of benzene rings is 1. The van der Waals surface area contributed by atoms with Crippen molar-refractivity contribution in [2.24, 2.45) is 0 Å². The van der Waals surface area contributed by atoms with E-state index in [-0.39, 0.29) is 6.03 Å². The first-order valence-electron chi connectivity index (χ1n) is 8.21. The second kappa shape index (κ2) is 7.93. The van der Waals surface area contributed by atoms with Gasteiger partial charge in [0, 0.05) is 49.3 Å². The van der Waals surface area contributed by atoms with Crippen LogP contribution < -0.4 is 10.2 Å². The van der Waals surface area contributed by atoms with Crippen molar-refractivity contribution < 1.29 is 4.79 Å². The molecular formula is C18H20Cl2N4O. The lowest BCUT2D eigenvalue weighted by Crippen LogP contribution is -2.38. The molecule has 5 nitrogen and oxygen atoms in total. The van der Waals surface area contributed by atoms with Crippen LogP contribution in [0.1, 0.15) is 12.0 Å². The van der Waals surface area contributed by atoms with E-state index in [9.17, 15) is 4.79 Å². The molecule has 0 unspecified atom stereocenters. The van der Waals surface area contributed by atoms with Gasteiger partial charge in [0.1, 0.15) is 0 Å². The number of pyridine rings is 1. The van der Waals surface area contributed by atoms with Gasteiger partial charge in [-0.05, 0) is 37.1 Å². The summed E-state index contributed by atoms with van der Waals surface area (Å²) in [5.41, 5.74) is 2.66. The molecule has 1 saturated heterocycles. The second-order valence-corrected chi connectivity index (χ2v) is 6.86. The third-order valence-corrected chi connectivity index (χ3v) is 5.00. The summed E-state index contributed by atoms with van der Waals surface area (Å²) in [6, 6.07) is 7.33. The first kappa shape index (κ1) is 17.8. The van der Waals surface area contributed by atoms with E-state index in [1.165, 1.54) is 0 Å². The van der Waals surface area contributed by atoms with Crippen LogP contribution in [0.15, 0.2) is 36.7 Å². The topological polar surface area (TPSA) is 48.5 Å². The molecule has 1 fully saturated rings. The van der Waals surface area contributed by atoms with E-state index in [4.69, 9.17) is 23.2 Å².